The van der Waals surface area contributed by atoms with E-state index in [9.17, 15) is 19.7 Å². The first-order valence-corrected chi connectivity index (χ1v) is 11.8. The molecule has 3 aromatic rings. The van der Waals surface area contributed by atoms with Crippen molar-refractivity contribution < 1.29 is 18.9 Å². The zero-order valence-electron chi connectivity index (χ0n) is 19.8. The third-order valence-corrected chi connectivity index (χ3v) is 6.54. The Bertz CT molecular complexity index is 1320. The molecule has 0 bridgehead atoms. The molecule has 2 N–H and O–H groups in total. The Balaban J connectivity index is 1.34. The molecule has 2 heterocycles. The fraction of sp³-hybridized carbons (Fsp3) is 0.333. The lowest BCUT2D eigenvalue weighted by Gasteiger charge is -2.10. The molecular weight excluding hydrogens is 488 g/mol. The summed E-state index contributed by atoms with van der Waals surface area (Å²) in [5, 5.41) is 21.9. The minimum Gasteiger partial charge on any atom is -0.454 e. The van der Waals surface area contributed by atoms with E-state index in [-0.39, 0.29) is 29.2 Å². The Morgan fingerprint density at radius 3 is 2.56 bits per heavy atom. The topological polar surface area (TPSA) is 145 Å². The lowest BCUT2D eigenvalue weighted by Crippen LogP contribution is -2.20. The second-order valence-corrected chi connectivity index (χ2v) is 8.97. The molecule has 0 unspecified atom stereocenters. The molecule has 1 fully saturated rings. The Kier molecular flexibility index (Phi) is 7.49. The number of nitrogens with zero attached hydrogens (tertiary/aromatic N) is 4. The van der Waals surface area contributed by atoms with Gasteiger partial charge in [0.25, 0.3) is 0 Å². The Morgan fingerprint density at radius 1 is 1.22 bits per heavy atom. The second kappa shape index (κ2) is 10.7. The van der Waals surface area contributed by atoms with Crippen LogP contribution in [-0.2, 0) is 11.3 Å². The number of carbonyl (C=O) groups is 2. The number of anilines is 1. The van der Waals surface area contributed by atoms with Crippen LogP contribution in [0.4, 0.5) is 11.5 Å². The maximum atomic E-state index is 12.5. The highest BCUT2D eigenvalue weighted by atomic mass is 35.5. The molecule has 0 spiro atoms. The van der Waals surface area contributed by atoms with Crippen LogP contribution in [0, 0.1) is 23.0 Å². The fourth-order valence-corrected chi connectivity index (χ4v) is 4.20. The summed E-state index contributed by atoms with van der Waals surface area (Å²) in [5.41, 5.74) is 4.93. The number of carbonyl (C=O) groups excluding carboxylic acids is 2. The lowest BCUT2D eigenvalue weighted by atomic mass is 10.1. The number of aromatic nitrogens is 2. The van der Waals surface area contributed by atoms with E-state index in [0.29, 0.717) is 17.2 Å². The number of rotatable bonds is 8. The first-order chi connectivity index (χ1) is 17.2. The minimum atomic E-state index is -0.659. The van der Waals surface area contributed by atoms with E-state index in [2.05, 4.69) is 20.9 Å². The van der Waals surface area contributed by atoms with E-state index in [1.807, 2.05) is 12.1 Å². The van der Waals surface area contributed by atoms with Gasteiger partial charge in [0, 0.05) is 11.6 Å². The molecule has 0 saturated heterocycles. The molecule has 4 rings (SSSR count). The molecule has 1 aliphatic carbocycles. The smallest absolute Gasteiger partial charge is 0.408 e. The molecule has 11 nitrogen and oxygen atoms in total. The SMILES string of the molecule is C/C(=N/NC(=O)c1ccc(Cn2nc([N+](=O)[O-])c(Cl)c2C)o1)c1ccc(NC(=O)C2CCCC2)cc1. The van der Waals surface area contributed by atoms with Crippen molar-refractivity contribution in [2.75, 3.05) is 5.32 Å². The van der Waals surface area contributed by atoms with Gasteiger partial charge in [-0.2, -0.15) is 9.78 Å². The van der Waals surface area contributed by atoms with E-state index < -0.39 is 16.6 Å². The summed E-state index contributed by atoms with van der Waals surface area (Å²) < 4.78 is 6.89. The molecule has 2 amide bonds. The average molecular weight is 513 g/mol. The number of benzene rings is 1. The number of hydrogen-bond donors (Lipinski definition) is 2. The predicted octanol–water partition coefficient (Wildman–Crippen LogP) is 4.68. The van der Waals surface area contributed by atoms with Crippen LogP contribution in [0.1, 0.15) is 60.2 Å². The van der Waals surface area contributed by atoms with Gasteiger partial charge in [0.15, 0.2) is 10.8 Å². The number of furan rings is 1. The highest BCUT2D eigenvalue weighted by Crippen LogP contribution is 2.27. The van der Waals surface area contributed by atoms with E-state index in [1.165, 1.54) is 10.7 Å². The van der Waals surface area contributed by atoms with Gasteiger partial charge in [-0.1, -0.05) is 36.6 Å². The van der Waals surface area contributed by atoms with Crippen molar-refractivity contribution in [1.29, 1.82) is 0 Å². The van der Waals surface area contributed by atoms with Crippen molar-refractivity contribution in [1.82, 2.24) is 15.2 Å². The number of nitrogens with one attached hydrogen (secondary N) is 2. The zero-order valence-corrected chi connectivity index (χ0v) is 20.5. The van der Waals surface area contributed by atoms with Crippen molar-refractivity contribution in [2.45, 2.75) is 46.1 Å². The number of hydrogen-bond acceptors (Lipinski definition) is 7. The average Bonchev–Trinajstić information content (AvgIpc) is 3.61. The van der Waals surface area contributed by atoms with E-state index in [4.69, 9.17) is 16.0 Å². The molecule has 1 aliphatic rings. The van der Waals surface area contributed by atoms with Gasteiger partial charge in [-0.3, -0.25) is 9.59 Å². The first kappa shape index (κ1) is 25.1. The van der Waals surface area contributed by atoms with Crippen molar-refractivity contribution in [2.24, 2.45) is 11.0 Å². The quantitative estimate of drug-likeness (QED) is 0.255. The summed E-state index contributed by atoms with van der Waals surface area (Å²) in [4.78, 5) is 35.1. The minimum absolute atomic E-state index is 0.0249. The Labute approximate surface area is 211 Å². The molecule has 0 aliphatic heterocycles. The normalized spacial score (nSPS) is 14.1. The van der Waals surface area contributed by atoms with Gasteiger partial charge in [-0.05, 0) is 61.4 Å². The summed E-state index contributed by atoms with van der Waals surface area (Å²) in [5.74, 6) is -0.454. The van der Waals surface area contributed by atoms with Crippen molar-refractivity contribution in [3.8, 4) is 0 Å². The maximum Gasteiger partial charge on any atom is 0.408 e. The van der Waals surface area contributed by atoms with Crippen LogP contribution in [0.3, 0.4) is 0 Å². The number of halogens is 1. The van der Waals surface area contributed by atoms with E-state index >= 15 is 0 Å². The summed E-state index contributed by atoms with van der Waals surface area (Å²) >= 11 is 5.96. The van der Waals surface area contributed by atoms with Crippen molar-refractivity contribution >= 4 is 40.6 Å². The third kappa shape index (κ3) is 5.62. The van der Waals surface area contributed by atoms with Crippen LogP contribution in [0.5, 0.6) is 0 Å². The highest BCUT2D eigenvalue weighted by Gasteiger charge is 2.25. The summed E-state index contributed by atoms with van der Waals surface area (Å²) in [7, 11) is 0. The Morgan fingerprint density at radius 2 is 1.92 bits per heavy atom. The molecule has 1 aromatic carbocycles. The van der Waals surface area contributed by atoms with E-state index in [0.717, 1.165) is 36.9 Å². The van der Waals surface area contributed by atoms with Gasteiger partial charge in [0.1, 0.15) is 12.3 Å². The molecule has 0 atom stereocenters. The van der Waals surface area contributed by atoms with Crippen molar-refractivity contribution in [3.05, 3.63) is 74.3 Å². The molecule has 12 heteroatoms. The van der Waals surface area contributed by atoms with Crippen molar-refractivity contribution in [3.63, 3.8) is 0 Å². The highest BCUT2D eigenvalue weighted by molar-refractivity contribution is 6.33. The van der Waals surface area contributed by atoms with Gasteiger partial charge >= 0.3 is 11.7 Å². The summed E-state index contributed by atoms with van der Waals surface area (Å²) in [6, 6.07) is 10.3. The Hall–Kier alpha value is -3.99. The summed E-state index contributed by atoms with van der Waals surface area (Å²) in [6.07, 6.45) is 4.07. The molecule has 2 aromatic heterocycles. The molecule has 1 saturated carbocycles. The van der Waals surface area contributed by atoms with Gasteiger partial charge in [-0.25, -0.2) is 5.43 Å². The van der Waals surface area contributed by atoms with Crippen LogP contribution in [-0.4, -0.2) is 32.2 Å². The predicted molar refractivity (Wildman–Crippen MR) is 133 cm³/mol. The molecule has 188 valence electrons. The summed E-state index contributed by atoms with van der Waals surface area (Å²) in [6.45, 7) is 3.42. The van der Waals surface area contributed by atoms with Gasteiger partial charge < -0.3 is 19.8 Å². The number of amides is 2. The lowest BCUT2D eigenvalue weighted by molar-refractivity contribution is -0.389. The van der Waals surface area contributed by atoms with Gasteiger partial charge in [0.05, 0.1) is 16.5 Å². The number of hydrazone groups is 1. The largest absolute Gasteiger partial charge is 0.454 e. The fourth-order valence-electron chi connectivity index (χ4n) is 3.99. The van der Waals surface area contributed by atoms with Crippen LogP contribution >= 0.6 is 11.6 Å². The number of nitro groups is 1. The maximum absolute atomic E-state index is 12.5. The molecular formula is C24H25ClN6O5. The van der Waals surface area contributed by atoms with Crippen LogP contribution < -0.4 is 10.7 Å². The third-order valence-electron chi connectivity index (χ3n) is 6.10. The zero-order chi connectivity index (χ0) is 25.8. The second-order valence-electron chi connectivity index (χ2n) is 8.59. The first-order valence-electron chi connectivity index (χ1n) is 11.4. The molecule has 0 radical (unpaired) electrons. The van der Waals surface area contributed by atoms with Crippen LogP contribution in [0.2, 0.25) is 5.02 Å². The van der Waals surface area contributed by atoms with E-state index in [1.54, 1.807) is 32.0 Å². The monoisotopic (exact) mass is 512 g/mol. The molecule has 36 heavy (non-hydrogen) atoms. The van der Waals surface area contributed by atoms with Gasteiger partial charge in [0.2, 0.25) is 5.91 Å². The van der Waals surface area contributed by atoms with Gasteiger partial charge in [-0.15, -0.1) is 0 Å². The standard InChI is InChI=1S/C24H25ClN6O5/c1-14(16-7-9-18(10-8-16)26-23(32)17-5-3-4-6-17)27-28-24(33)20-12-11-19(36-20)13-30-15(2)21(25)22(29-30)31(34)35/h7-12,17H,3-6,13H2,1-2H3,(H,26,32)(H,28,33)/b27-14-. The van der Waals surface area contributed by atoms with Crippen LogP contribution in [0.15, 0.2) is 45.9 Å². The van der Waals surface area contributed by atoms with Crippen LogP contribution in [0.25, 0.3) is 0 Å².